The highest BCUT2D eigenvalue weighted by Crippen LogP contribution is 2.39. The molecule has 292 valence electrons. The highest BCUT2D eigenvalue weighted by Gasteiger charge is 2.19. The van der Waals surface area contributed by atoms with Crippen LogP contribution in [0.1, 0.15) is 0 Å². The summed E-state index contributed by atoms with van der Waals surface area (Å²) < 4.78 is 2.34. The predicted octanol–water partition coefficient (Wildman–Crippen LogP) is 14.8. The third kappa shape index (κ3) is 5.71. The quantitative estimate of drug-likeness (QED) is 0.163. The highest BCUT2D eigenvalue weighted by molar-refractivity contribution is 6.15. The van der Waals surface area contributed by atoms with Crippen molar-refractivity contribution in [3.8, 4) is 56.5 Å². The molecule has 13 aromatic rings. The van der Waals surface area contributed by atoms with Crippen LogP contribution < -0.4 is 0 Å². The van der Waals surface area contributed by atoms with Crippen molar-refractivity contribution in [3.05, 3.63) is 212 Å². The van der Waals surface area contributed by atoms with E-state index in [1.54, 1.807) is 0 Å². The molecule has 0 aliphatic rings. The standard InChI is InChI=1S/C58H35N5/c1-4-19-43-39(14-1)33-49(47-23-8-6-21-45(43)47)57-60-56(61-58(62-57)50-34-40-15-2-5-20-44(40)46-22-7-9-24-48(46)50)42-18-13-17-38(32-42)36-28-30-37(31-29-36)55-54-35-41-16-3-11-26-52(41)63(54)53-27-12-10-25-51(53)59-55/h1-35H. The van der Waals surface area contributed by atoms with Crippen molar-refractivity contribution in [1.29, 1.82) is 0 Å². The van der Waals surface area contributed by atoms with Crippen LogP contribution in [0.2, 0.25) is 0 Å². The Kier molecular flexibility index (Phi) is 7.84. The average Bonchev–Trinajstić information content (AvgIpc) is 3.76. The summed E-state index contributed by atoms with van der Waals surface area (Å²) in [5.74, 6) is 1.89. The molecule has 5 nitrogen and oxygen atoms in total. The molecule has 0 saturated carbocycles. The smallest absolute Gasteiger partial charge is 0.164 e. The van der Waals surface area contributed by atoms with E-state index in [-0.39, 0.29) is 0 Å². The topological polar surface area (TPSA) is 56.0 Å². The molecule has 0 atom stereocenters. The SMILES string of the molecule is c1cc(-c2ccc(-c3nc4ccccc4n4c3cc3ccccc34)cc2)cc(-c2nc(-c3cc4ccccc4c4ccccc34)nc(-c3cc4ccccc4c4ccccc34)n2)c1. The third-order valence-corrected chi connectivity index (χ3v) is 12.6. The van der Waals surface area contributed by atoms with E-state index in [1.165, 1.54) is 32.4 Å². The normalized spacial score (nSPS) is 11.8. The van der Waals surface area contributed by atoms with E-state index in [9.17, 15) is 0 Å². The van der Waals surface area contributed by atoms with Gasteiger partial charge in [0.2, 0.25) is 0 Å². The maximum absolute atomic E-state index is 5.36. The molecular formula is C58H35N5. The minimum Gasteiger partial charge on any atom is -0.306 e. The summed E-state index contributed by atoms with van der Waals surface area (Å²) in [6.07, 6.45) is 0. The Labute approximate surface area is 362 Å². The zero-order chi connectivity index (χ0) is 41.4. The van der Waals surface area contributed by atoms with E-state index < -0.39 is 0 Å². The van der Waals surface area contributed by atoms with Crippen LogP contribution in [0.15, 0.2) is 212 Å². The van der Waals surface area contributed by atoms with Crippen molar-refractivity contribution >= 4 is 70.5 Å². The van der Waals surface area contributed by atoms with Crippen molar-refractivity contribution in [2.75, 3.05) is 0 Å². The molecule has 0 saturated heterocycles. The van der Waals surface area contributed by atoms with E-state index >= 15 is 0 Å². The Bertz CT molecular complexity index is 3840. The zero-order valence-electron chi connectivity index (χ0n) is 33.9. The van der Waals surface area contributed by atoms with Gasteiger partial charge in [0, 0.05) is 27.6 Å². The Morgan fingerprint density at radius 3 is 1.41 bits per heavy atom. The summed E-state index contributed by atoms with van der Waals surface area (Å²) in [6.45, 7) is 0. The van der Waals surface area contributed by atoms with Gasteiger partial charge in [0.15, 0.2) is 17.5 Å². The molecule has 0 fully saturated rings. The maximum Gasteiger partial charge on any atom is 0.164 e. The van der Waals surface area contributed by atoms with Crippen LogP contribution in [0.25, 0.3) is 127 Å². The van der Waals surface area contributed by atoms with E-state index in [4.69, 9.17) is 19.9 Å². The minimum absolute atomic E-state index is 0.617. The number of para-hydroxylation sites is 3. The molecule has 0 radical (unpaired) electrons. The molecule has 0 aliphatic carbocycles. The molecule has 0 bridgehead atoms. The van der Waals surface area contributed by atoms with E-state index in [1.807, 2.05) is 0 Å². The fourth-order valence-electron chi connectivity index (χ4n) is 9.61. The number of aromatic nitrogens is 5. The first kappa shape index (κ1) is 35.2. The number of hydrogen-bond donors (Lipinski definition) is 0. The number of hydrogen-bond acceptors (Lipinski definition) is 4. The van der Waals surface area contributed by atoms with Crippen molar-refractivity contribution in [1.82, 2.24) is 24.3 Å². The van der Waals surface area contributed by atoms with Gasteiger partial charge < -0.3 is 4.40 Å². The van der Waals surface area contributed by atoms with Gasteiger partial charge in [-0.2, -0.15) is 0 Å². The van der Waals surface area contributed by atoms with Gasteiger partial charge in [0.25, 0.3) is 0 Å². The number of benzene rings is 10. The van der Waals surface area contributed by atoms with Gasteiger partial charge in [0.05, 0.1) is 27.8 Å². The number of rotatable bonds is 5. The van der Waals surface area contributed by atoms with Crippen molar-refractivity contribution < 1.29 is 0 Å². The molecule has 10 aromatic carbocycles. The van der Waals surface area contributed by atoms with E-state index in [0.29, 0.717) is 17.5 Å². The second-order valence-corrected chi connectivity index (χ2v) is 16.2. The second kappa shape index (κ2) is 14.0. The molecule has 13 rings (SSSR count). The molecule has 0 aliphatic heterocycles. The summed E-state index contributed by atoms with van der Waals surface area (Å²) in [6, 6.07) is 75.1. The molecule has 0 amide bonds. The highest BCUT2D eigenvalue weighted by atomic mass is 15.0. The number of nitrogens with zero attached hydrogens (tertiary/aromatic N) is 5. The Balaban J connectivity index is 0.976. The fraction of sp³-hybridized carbons (Fsp3) is 0. The van der Waals surface area contributed by atoms with Crippen LogP contribution in [-0.4, -0.2) is 24.3 Å². The summed E-state index contributed by atoms with van der Waals surface area (Å²) >= 11 is 0. The second-order valence-electron chi connectivity index (χ2n) is 16.2. The van der Waals surface area contributed by atoms with Gasteiger partial charge in [0.1, 0.15) is 0 Å². The van der Waals surface area contributed by atoms with Gasteiger partial charge >= 0.3 is 0 Å². The monoisotopic (exact) mass is 801 g/mol. The first-order valence-corrected chi connectivity index (χ1v) is 21.3. The summed E-state index contributed by atoms with van der Waals surface area (Å²) in [7, 11) is 0. The van der Waals surface area contributed by atoms with Gasteiger partial charge in [-0.15, -0.1) is 0 Å². The van der Waals surface area contributed by atoms with Crippen LogP contribution in [-0.2, 0) is 0 Å². The first-order chi connectivity index (χ1) is 31.2. The molecule has 3 aromatic heterocycles. The summed E-state index contributed by atoms with van der Waals surface area (Å²) in [5, 5.41) is 10.4. The van der Waals surface area contributed by atoms with Crippen LogP contribution in [0.5, 0.6) is 0 Å². The molecule has 63 heavy (non-hydrogen) atoms. The lowest BCUT2D eigenvalue weighted by atomic mass is 9.96. The maximum atomic E-state index is 5.36. The Hall–Kier alpha value is -8.54. The third-order valence-electron chi connectivity index (χ3n) is 12.6. The van der Waals surface area contributed by atoms with Crippen LogP contribution in [0.4, 0.5) is 0 Å². The van der Waals surface area contributed by atoms with Gasteiger partial charge in [-0.1, -0.05) is 170 Å². The molecule has 5 heteroatoms. The van der Waals surface area contributed by atoms with Crippen molar-refractivity contribution in [3.63, 3.8) is 0 Å². The van der Waals surface area contributed by atoms with E-state index in [2.05, 4.69) is 217 Å². The van der Waals surface area contributed by atoms with Crippen molar-refractivity contribution in [2.45, 2.75) is 0 Å². The summed E-state index contributed by atoms with van der Waals surface area (Å²) in [4.78, 5) is 21.2. The molecule has 0 N–H and O–H groups in total. The van der Waals surface area contributed by atoms with E-state index in [0.717, 1.165) is 77.2 Å². The lowest BCUT2D eigenvalue weighted by Gasteiger charge is -2.14. The van der Waals surface area contributed by atoms with Crippen molar-refractivity contribution in [2.24, 2.45) is 0 Å². The summed E-state index contributed by atoms with van der Waals surface area (Å²) in [5.41, 5.74) is 11.3. The van der Waals surface area contributed by atoms with Gasteiger partial charge in [-0.05, 0) is 96.7 Å². The lowest BCUT2D eigenvalue weighted by molar-refractivity contribution is 1.08. The van der Waals surface area contributed by atoms with Crippen LogP contribution >= 0.6 is 0 Å². The fourth-order valence-corrected chi connectivity index (χ4v) is 9.61. The number of fused-ring (bicyclic) bond motifs is 11. The van der Waals surface area contributed by atoms with Crippen LogP contribution in [0, 0.1) is 0 Å². The molecule has 3 heterocycles. The minimum atomic E-state index is 0.617. The first-order valence-electron chi connectivity index (χ1n) is 21.3. The zero-order valence-corrected chi connectivity index (χ0v) is 33.9. The average molecular weight is 802 g/mol. The largest absolute Gasteiger partial charge is 0.306 e. The van der Waals surface area contributed by atoms with Gasteiger partial charge in [-0.3, -0.25) is 0 Å². The molecule has 0 unspecified atom stereocenters. The lowest BCUT2D eigenvalue weighted by Crippen LogP contribution is -2.01. The molecule has 0 spiro atoms. The molecular weight excluding hydrogens is 767 g/mol. The Morgan fingerprint density at radius 2 is 0.762 bits per heavy atom. The predicted molar refractivity (Wildman–Crippen MR) is 261 cm³/mol. The Morgan fingerprint density at radius 1 is 0.270 bits per heavy atom. The van der Waals surface area contributed by atoms with Gasteiger partial charge in [-0.25, -0.2) is 19.9 Å². The van der Waals surface area contributed by atoms with Crippen LogP contribution in [0.3, 0.4) is 0 Å².